The molecule has 0 bridgehead atoms. The number of thiazole rings is 1. The van der Waals surface area contributed by atoms with Gasteiger partial charge in [0.05, 0.1) is 12.1 Å². The van der Waals surface area contributed by atoms with E-state index in [4.69, 9.17) is 5.11 Å². The fourth-order valence-corrected chi connectivity index (χ4v) is 2.99. The largest absolute Gasteiger partial charge is 0.481 e. The molecular weight excluding hydrogens is 300 g/mol. The molecule has 0 saturated heterocycles. The molecule has 1 amide bonds. The van der Waals surface area contributed by atoms with Gasteiger partial charge in [0.25, 0.3) is 0 Å². The summed E-state index contributed by atoms with van der Waals surface area (Å²) in [6.07, 6.45) is 2.12. The zero-order chi connectivity index (χ0) is 15.9. The lowest BCUT2D eigenvalue weighted by molar-refractivity contribution is -0.136. The van der Waals surface area contributed by atoms with Gasteiger partial charge in [0.1, 0.15) is 0 Å². The fraction of sp³-hybridized carbons (Fsp3) is 0.312. The Morgan fingerprint density at radius 3 is 2.64 bits per heavy atom. The molecule has 116 valence electrons. The highest BCUT2D eigenvalue weighted by Crippen LogP contribution is 2.31. The van der Waals surface area contributed by atoms with Gasteiger partial charge in [-0.05, 0) is 6.42 Å². The predicted molar refractivity (Wildman–Crippen MR) is 87.0 cm³/mol. The first-order valence-electron chi connectivity index (χ1n) is 7.17. The van der Waals surface area contributed by atoms with E-state index in [9.17, 15) is 9.59 Å². The molecule has 0 saturated carbocycles. The van der Waals surface area contributed by atoms with Crippen LogP contribution in [0.25, 0.3) is 11.3 Å². The number of aromatic nitrogens is 1. The maximum atomic E-state index is 11.8. The molecule has 0 unspecified atom stereocenters. The molecule has 22 heavy (non-hydrogen) atoms. The smallest absolute Gasteiger partial charge is 0.308 e. The van der Waals surface area contributed by atoms with Gasteiger partial charge in [0.15, 0.2) is 5.13 Å². The van der Waals surface area contributed by atoms with Gasteiger partial charge in [-0.25, -0.2) is 4.98 Å². The lowest BCUT2D eigenvalue weighted by atomic mass is 10.1. The number of rotatable bonds is 7. The average molecular weight is 318 g/mol. The van der Waals surface area contributed by atoms with Gasteiger partial charge >= 0.3 is 5.97 Å². The Morgan fingerprint density at radius 1 is 1.27 bits per heavy atom. The second-order valence-corrected chi connectivity index (χ2v) is 5.96. The van der Waals surface area contributed by atoms with Crippen molar-refractivity contribution in [3.63, 3.8) is 0 Å². The summed E-state index contributed by atoms with van der Waals surface area (Å²) >= 11 is 1.22. The molecule has 0 aliphatic rings. The minimum atomic E-state index is -0.912. The molecule has 1 aromatic heterocycles. The van der Waals surface area contributed by atoms with Crippen LogP contribution in [0.15, 0.2) is 30.3 Å². The molecule has 0 radical (unpaired) electrons. The fourth-order valence-electron chi connectivity index (χ4n) is 2.00. The van der Waals surface area contributed by atoms with Gasteiger partial charge in [0.2, 0.25) is 5.91 Å². The summed E-state index contributed by atoms with van der Waals surface area (Å²) in [6.45, 7) is 2.02. The average Bonchev–Trinajstić information content (AvgIpc) is 2.87. The summed E-state index contributed by atoms with van der Waals surface area (Å²) in [7, 11) is 0. The number of nitrogens with one attached hydrogen (secondary N) is 1. The first kappa shape index (κ1) is 16.2. The van der Waals surface area contributed by atoms with Crippen molar-refractivity contribution >= 4 is 28.3 Å². The second kappa shape index (κ2) is 7.70. The van der Waals surface area contributed by atoms with Crippen molar-refractivity contribution in [1.29, 1.82) is 0 Å². The normalized spacial score (nSPS) is 10.4. The lowest BCUT2D eigenvalue weighted by Crippen LogP contribution is -2.10. The molecule has 1 heterocycles. The molecule has 6 heteroatoms. The summed E-state index contributed by atoms with van der Waals surface area (Å²) in [5, 5.41) is 12.2. The van der Waals surface area contributed by atoms with Crippen LogP contribution in [0.3, 0.4) is 0 Å². The number of nitrogens with zero attached hydrogens (tertiary/aromatic N) is 1. The van der Waals surface area contributed by atoms with E-state index in [1.54, 1.807) is 0 Å². The van der Waals surface area contributed by atoms with E-state index in [0.29, 0.717) is 22.1 Å². The molecule has 0 fully saturated rings. The topological polar surface area (TPSA) is 79.3 Å². The molecular formula is C16H18N2O3S. The molecule has 0 aliphatic carbocycles. The Labute approximate surface area is 133 Å². The van der Waals surface area contributed by atoms with Gasteiger partial charge < -0.3 is 10.4 Å². The van der Waals surface area contributed by atoms with Crippen LogP contribution in [0.2, 0.25) is 0 Å². The van der Waals surface area contributed by atoms with Crippen LogP contribution in [-0.2, 0) is 16.0 Å². The SMILES string of the molecule is CCCCC(=O)Nc1nc(-c2ccccc2)c(CC(=O)O)s1. The van der Waals surface area contributed by atoms with Gasteiger partial charge in [0, 0.05) is 16.9 Å². The van der Waals surface area contributed by atoms with E-state index >= 15 is 0 Å². The van der Waals surface area contributed by atoms with Crippen molar-refractivity contribution in [1.82, 2.24) is 4.98 Å². The minimum absolute atomic E-state index is 0.0860. The van der Waals surface area contributed by atoms with Crippen molar-refractivity contribution in [2.24, 2.45) is 0 Å². The highest BCUT2D eigenvalue weighted by Gasteiger charge is 2.16. The van der Waals surface area contributed by atoms with Crippen LogP contribution in [0.5, 0.6) is 0 Å². The number of carboxylic acids is 1. The van der Waals surface area contributed by atoms with Crippen LogP contribution >= 0.6 is 11.3 Å². The van der Waals surface area contributed by atoms with Gasteiger partial charge in [-0.2, -0.15) is 0 Å². The van der Waals surface area contributed by atoms with Crippen LogP contribution < -0.4 is 5.32 Å². The summed E-state index contributed by atoms with van der Waals surface area (Å²) in [6, 6.07) is 9.39. The molecule has 2 aromatic rings. The number of hydrogen-bond acceptors (Lipinski definition) is 4. The number of amides is 1. The van der Waals surface area contributed by atoms with E-state index in [1.165, 1.54) is 11.3 Å². The number of carboxylic acid groups (broad SMARTS) is 1. The van der Waals surface area contributed by atoms with Gasteiger partial charge in [-0.3, -0.25) is 9.59 Å². The third-order valence-corrected chi connectivity index (χ3v) is 4.03. The lowest BCUT2D eigenvalue weighted by Gasteiger charge is -2.00. The van der Waals surface area contributed by atoms with Crippen LogP contribution in [0.4, 0.5) is 5.13 Å². The molecule has 2 N–H and O–H groups in total. The molecule has 0 spiro atoms. The summed E-state index contributed by atoms with van der Waals surface area (Å²) in [4.78, 5) is 27.9. The Balaban J connectivity index is 2.24. The molecule has 1 aromatic carbocycles. The minimum Gasteiger partial charge on any atom is -0.481 e. The van der Waals surface area contributed by atoms with Crippen molar-refractivity contribution in [3.8, 4) is 11.3 Å². The predicted octanol–water partition coefficient (Wildman–Crippen LogP) is 3.57. The summed E-state index contributed by atoms with van der Waals surface area (Å²) in [5.41, 5.74) is 1.47. The van der Waals surface area contributed by atoms with E-state index in [-0.39, 0.29) is 12.3 Å². The van der Waals surface area contributed by atoms with E-state index in [1.807, 2.05) is 37.3 Å². The summed E-state index contributed by atoms with van der Waals surface area (Å²) < 4.78 is 0. The first-order valence-corrected chi connectivity index (χ1v) is 7.98. The molecule has 5 nitrogen and oxygen atoms in total. The van der Waals surface area contributed by atoms with Gasteiger partial charge in [-0.1, -0.05) is 43.7 Å². The van der Waals surface area contributed by atoms with Gasteiger partial charge in [-0.15, -0.1) is 11.3 Å². The van der Waals surface area contributed by atoms with Crippen LogP contribution in [0.1, 0.15) is 31.1 Å². The van der Waals surface area contributed by atoms with Crippen LogP contribution in [-0.4, -0.2) is 22.0 Å². The quantitative estimate of drug-likeness (QED) is 0.818. The zero-order valence-electron chi connectivity index (χ0n) is 12.3. The third-order valence-electron chi connectivity index (χ3n) is 3.06. The van der Waals surface area contributed by atoms with Crippen molar-refractivity contribution < 1.29 is 14.7 Å². The maximum Gasteiger partial charge on any atom is 0.308 e. The Kier molecular flexibility index (Phi) is 5.66. The third kappa shape index (κ3) is 4.39. The van der Waals surface area contributed by atoms with Crippen molar-refractivity contribution in [2.45, 2.75) is 32.6 Å². The molecule has 0 atom stereocenters. The highest BCUT2D eigenvalue weighted by atomic mass is 32.1. The Morgan fingerprint density at radius 2 is 2.00 bits per heavy atom. The van der Waals surface area contributed by atoms with Crippen molar-refractivity contribution in [2.75, 3.05) is 5.32 Å². The monoisotopic (exact) mass is 318 g/mol. The van der Waals surface area contributed by atoms with Crippen molar-refractivity contribution in [3.05, 3.63) is 35.2 Å². The molecule has 2 rings (SSSR count). The number of carbonyl (C=O) groups is 2. The first-order chi connectivity index (χ1) is 10.6. The number of anilines is 1. The number of benzene rings is 1. The summed E-state index contributed by atoms with van der Waals surface area (Å²) in [5.74, 6) is -0.998. The number of unbranched alkanes of at least 4 members (excludes halogenated alkanes) is 1. The number of hydrogen-bond donors (Lipinski definition) is 2. The van der Waals surface area contributed by atoms with E-state index in [2.05, 4.69) is 10.3 Å². The second-order valence-electron chi connectivity index (χ2n) is 4.88. The van der Waals surface area contributed by atoms with Crippen LogP contribution in [0, 0.1) is 0 Å². The maximum absolute atomic E-state index is 11.8. The highest BCUT2D eigenvalue weighted by molar-refractivity contribution is 7.16. The Bertz CT molecular complexity index is 653. The number of carbonyl (C=O) groups excluding carboxylic acids is 1. The molecule has 0 aliphatic heterocycles. The number of aliphatic carboxylic acids is 1. The zero-order valence-corrected chi connectivity index (χ0v) is 13.2. The Hall–Kier alpha value is -2.21. The van der Waals surface area contributed by atoms with E-state index < -0.39 is 5.97 Å². The van der Waals surface area contributed by atoms with E-state index in [0.717, 1.165) is 18.4 Å². The standard InChI is InChI=1S/C16H18N2O3S/c1-2-3-9-13(19)17-16-18-15(11-7-5-4-6-8-11)12(22-16)10-14(20)21/h4-8H,2-3,9-10H2,1H3,(H,20,21)(H,17,18,19).